The summed E-state index contributed by atoms with van der Waals surface area (Å²) in [5, 5.41) is 4.23. The Morgan fingerprint density at radius 2 is 1.82 bits per heavy atom. The summed E-state index contributed by atoms with van der Waals surface area (Å²) in [6, 6.07) is 15.1. The molecule has 1 N–H and O–H groups in total. The highest BCUT2D eigenvalue weighted by Crippen LogP contribution is 2.40. The first-order valence-corrected chi connectivity index (χ1v) is 10.00. The molecule has 2 atom stereocenters. The molecule has 0 amide bonds. The number of aromatic nitrogens is 2. The van der Waals surface area contributed by atoms with Crippen molar-refractivity contribution in [1.29, 1.82) is 0 Å². The number of nitrogens with zero attached hydrogens (tertiary/aromatic N) is 3. The lowest BCUT2D eigenvalue weighted by Gasteiger charge is -2.24. The van der Waals surface area contributed by atoms with Gasteiger partial charge in [-0.05, 0) is 80.9 Å². The summed E-state index contributed by atoms with van der Waals surface area (Å²) in [4.78, 5) is 6.75. The zero-order chi connectivity index (χ0) is 20.0. The molecule has 1 fully saturated rings. The lowest BCUT2D eigenvalue weighted by atomic mass is 9.97. The fourth-order valence-electron chi connectivity index (χ4n) is 4.27. The zero-order valence-electron chi connectivity index (χ0n) is 17.0. The summed E-state index contributed by atoms with van der Waals surface area (Å²) in [5.41, 5.74) is 8.55. The molecule has 4 nitrogen and oxygen atoms in total. The third kappa shape index (κ3) is 3.00. The molecule has 144 valence electrons. The molecule has 1 aliphatic heterocycles. The number of hydrogen-bond acceptors (Lipinski definition) is 2. The lowest BCUT2D eigenvalue weighted by Crippen LogP contribution is -2.25. The van der Waals surface area contributed by atoms with Gasteiger partial charge in [-0.2, -0.15) is 0 Å². The van der Waals surface area contributed by atoms with Crippen LogP contribution in [0.1, 0.15) is 45.9 Å². The Morgan fingerprint density at radius 3 is 2.54 bits per heavy atom. The van der Waals surface area contributed by atoms with Gasteiger partial charge in [-0.3, -0.25) is 4.98 Å². The Kier molecular flexibility index (Phi) is 4.71. The Balaban J connectivity index is 1.85. The van der Waals surface area contributed by atoms with E-state index in [1.54, 1.807) is 0 Å². The first-order valence-electron chi connectivity index (χ1n) is 9.59. The molecule has 0 radical (unpaired) electrons. The van der Waals surface area contributed by atoms with Crippen LogP contribution in [0.25, 0.3) is 5.69 Å². The maximum Gasteiger partial charge on any atom is 0.169 e. The Morgan fingerprint density at radius 1 is 1.04 bits per heavy atom. The van der Waals surface area contributed by atoms with Crippen molar-refractivity contribution in [3.63, 3.8) is 0 Å². The number of nitrogens with one attached hydrogen (secondary N) is 1. The fourth-order valence-corrected chi connectivity index (χ4v) is 4.51. The second-order valence-corrected chi connectivity index (χ2v) is 8.08. The van der Waals surface area contributed by atoms with E-state index < -0.39 is 0 Å². The van der Waals surface area contributed by atoms with E-state index in [4.69, 9.17) is 12.2 Å². The second-order valence-electron chi connectivity index (χ2n) is 7.69. The molecule has 0 saturated carbocycles. The van der Waals surface area contributed by atoms with E-state index in [1.165, 1.54) is 33.8 Å². The molecule has 5 heteroatoms. The Hall–Kier alpha value is -2.66. The first kappa shape index (κ1) is 18.7. The summed E-state index contributed by atoms with van der Waals surface area (Å²) in [5.74, 6) is 0. The van der Waals surface area contributed by atoms with Gasteiger partial charge in [-0.25, -0.2) is 0 Å². The average Bonchev–Trinajstić information content (AvgIpc) is 3.13. The molecular weight excluding hydrogens is 364 g/mol. The molecule has 3 heterocycles. The normalized spacial score (nSPS) is 19.2. The highest BCUT2D eigenvalue weighted by Gasteiger charge is 2.39. The molecule has 2 aromatic heterocycles. The number of rotatable bonds is 3. The van der Waals surface area contributed by atoms with Crippen molar-refractivity contribution in [3.8, 4) is 5.69 Å². The van der Waals surface area contributed by atoms with Crippen LogP contribution in [0.2, 0.25) is 0 Å². The van der Waals surface area contributed by atoms with Crippen LogP contribution in [0.3, 0.4) is 0 Å². The molecule has 2 unspecified atom stereocenters. The third-order valence-electron chi connectivity index (χ3n) is 5.73. The minimum atomic E-state index is 0.0336. The molecule has 0 spiro atoms. The molecule has 28 heavy (non-hydrogen) atoms. The van der Waals surface area contributed by atoms with E-state index in [2.05, 4.69) is 84.8 Å². The molecule has 0 aliphatic carbocycles. The van der Waals surface area contributed by atoms with E-state index in [1.807, 2.05) is 18.3 Å². The van der Waals surface area contributed by atoms with Crippen molar-refractivity contribution in [2.24, 2.45) is 0 Å². The lowest BCUT2D eigenvalue weighted by molar-refractivity contribution is 0.367. The van der Waals surface area contributed by atoms with Gasteiger partial charge in [0.15, 0.2) is 5.11 Å². The predicted octanol–water partition coefficient (Wildman–Crippen LogP) is 4.71. The van der Waals surface area contributed by atoms with Crippen LogP contribution in [0.15, 0.2) is 48.7 Å². The van der Waals surface area contributed by atoms with Crippen LogP contribution in [0, 0.1) is 27.7 Å². The molecule has 1 saturated heterocycles. The molecule has 0 bridgehead atoms. The van der Waals surface area contributed by atoms with E-state index in [9.17, 15) is 0 Å². The molecule has 3 aromatic rings. The maximum atomic E-state index is 5.59. The average molecular weight is 391 g/mol. The summed E-state index contributed by atoms with van der Waals surface area (Å²) in [6.07, 6.45) is 1.84. The number of benzene rings is 1. The van der Waals surface area contributed by atoms with Crippen molar-refractivity contribution in [1.82, 2.24) is 19.8 Å². The number of aryl methyl sites for hydroxylation is 3. The van der Waals surface area contributed by atoms with Crippen molar-refractivity contribution < 1.29 is 0 Å². The van der Waals surface area contributed by atoms with Gasteiger partial charge in [-0.15, -0.1) is 0 Å². The minimum Gasteiger partial charge on any atom is -0.352 e. The number of thiocarbonyl (C=S) groups is 1. The Bertz CT molecular complexity index is 1040. The summed E-state index contributed by atoms with van der Waals surface area (Å²) < 4.78 is 2.36. The molecule has 1 aromatic carbocycles. The summed E-state index contributed by atoms with van der Waals surface area (Å²) in [6.45, 7) is 8.69. The molecule has 4 rings (SSSR count). The molecular formula is C23H26N4S. The van der Waals surface area contributed by atoms with Crippen molar-refractivity contribution >= 4 is 17.3 Å². The quantitative estimate of drug-likeness (QED) is 0.657. The number of likely N-dealkylation sites (N-methyl/N-ethyl adjacent to an activating group) is 1. The van der Waals surface area contributed by atoms with Crippen molar-refractivity contribution in [2.75, 3.05) is 7.05 Å². The van der Waals surface area contributed by atoms with Crippen molar-refractivity contribution in [3.05, 3.63) is 82.4 Å². The smallest absolute Gasteiger partial charge is 0.169 e. The van der Waals surface area contributed by atoms with Gasteiger partial charge in [0.1, 0.15) is 0 Å². The van der Waals surface area contributed by atoms with E-state index in [0.717, 1.165) is 10.8 Å². The SMILES string of the molecule is Cc1ccc(C)c(-n2c(C)cc(C3C(c4ccccn4)NC(=S)N3C)c2C)c1. The van der Waals surface area contributed by atoms with Gasteiger partial charge in [0.05, 0.1) is 17.8 Å². The first-order chi connectivity index (χ1) is 13.4. The number of pyridine rings is 1. The van der Waals surface area contributed by atoms with Crippen LogP contribution in [-0.4, -0.2) is 26.6 Å². The van der Waals surface area contributed by atoms with Gasteiger partial charge in [0, 0.05) is 30.3 Å². The van der Waals surface area contributed by atoms with Gasteiger partial charge in [0.2, 0.25) is 0 Å². The minimum absolute atomic E-state index is 0.0336. The topological polar surface area (TPSA) is 33.1 Å². The van der Waals surface area contributed by atoms with Crippen LogP contribution in [-0.2, 0) is 0 Å². The summed E-state index contributed by atoms with van der Waals surface area (Å²) in [7, 11) is 2.06. The standard InChI is InChI=1S/C23H26N4S/c1-14-9-10-15(2)20(12-14)27-16(3)13-18(17(27)4)22-21(25-23(28)26(22)5)19-8-6-7-11-24-19/h6-13,21-22H,1-5H3,(H,25,28). The van der Waals surface area contributed by atoms with Gasteiger partial charge in [-0.1, -0.05) is 18.2 Å². The Labute approximate surface area is 172 Å². The highest BCUT2D eigenvalue weighted by atomic mass is 32.1. The predicted molar refractivity (Wildman–Crippen MR) is 118 cm³/mol. The van der Waals surface area contributed by atoms with Crippen LogP contribution >= 0.6 is 12.2 Å². The van der Waals surface area contributed by atoms with Gasteiger partial charge < -0.3 is 14.8 Å². The van der Waals surface area contributed by atoms with Crippen molar-refractivity contribution in [2.45, 2.75) is 39.8 Å². The summed E-state index contributed by atoms with van der Waals surface area (Å²) >= 11 is 5.59. The zero-order valence-corrected chi connectivity index (χ0v) is 17.8. The fraction of sp³-hybridized carbons (Fsp3) is 0.304. The second kappa shape index (κ2) is 7.06. The molecule has 1 aliphatic rings. The van der Waals surface area contributed by atoms with Crippen LogP contribution in [0.4, 0.5) is 0 Å². The highest BCUT2D eigenvalue weighted by molar-refractivity contribution is 7.80. The largest absolute Gasteiger partial charge is 0.352 e. The number of hydrogen-bond donors (Lipinski definition) is 1. The van der Waals surface area contributed by atoms with E-state index in [0.29, 0.717) is 0 Å². The maximum absolute atomic E-state index is 5.59. The van der Waals surface area contributed by atoms with Crippen LogP contribution < -0.4 is 5.32 Å². The third-order valence-corrected chi connectivity index (χ3v) is 6.14. The van der Waals surface area contributed by atoms with Gasteiger partial charge in [0.25, 0.3) is 0 Å². The monoisotopic (exact) mass is 390 g/mol. The van der Waals surface area contributed by atoms with E-state index >= 15 is 0 Å². The van der Waals surface area contributed by atoms with Crippen LogP contribution in [0.5, 0.6) is 0 Å². The van der Waals surface area contributed by atoms with E-state index in [-0.39, 0.29) is 12.1 Å². The van der Waals surface area contributed by atoms with Gasteiger partial charge >= 0.3 is 0 Å².